The van der Waals surface area contributed by atoms with Crippen molar-refractivity contribution in [1.82, 2.24) is 4.98 Å². The summed E-state index contributed by atoms with van der Waals surface area (Å²) < 4.78 is 0.923. The number of hydrogen-bond donors (Lipinski definition) is 0. The molecule has 0 aliphatic carbocycles. The lowest BCUT2D eigenvalue weighted by atomic mass is 10.3. The van der Waals surface area contributed by atoms with Crippen molar-refractivity contribution < 1.29 is 0 Å². The van der Waals surface area contributed by atoms with Gasteiger partial charge in [-0.1, -0.05) is 52.7 Å². The summed E-state index contributed by atoms with van der Waals surface area (Å²) in [5.74, 6) is 0. The monoisotopic (exact) mass is 308 g/mol. The minimum absolute atomic E-state index is 0.628. The highest BCUT2D eigenvalue weighted by atomic mass is 35.5. The van der Waals surface area contributed by atoms with E-state index in [0.717, 1.165) is 21.0 Å². The number of benzene rings is 2. The second-order valence-corrected chi connectivity index (χ2v) is 5.89. The normalized spacial score (nSPS) is 10.9. The van der Waals surface area contributed by atoms with Crippen molar-refractivity contribution in [2.24, 2.45) is 0 Å². The Kier molecular flexibility index (Phi) is 3.35. The predicted molar refractivity (Wildman–Crippen MR) is 84.1 cm³/mol. The molecule has 0 saturated heterocycles. The van der Waals surface area contributed by atoms with Crippen molar-refractivity contribution in [1.29, 1.82) is 0 Å². The minimum Gasteiger partial charge on any atom is -0.321 e. The van der Waals surface area contributed by atoms with Gasteiger partial charge in [-0.2, -0.15) is 0 Å². The van der Waals surface area contributed by atoms with Gasteiger partial charge in [-0.15, -0.1) is 0 Å². The molecule has 1 aromatic heterocycles. The molecule has 1 heterocycles. The Morgan fingerprint density at radius 3 is 2.37 bits per heavy atom. The lowest BCUT2D eigenvalue weighted by Crippen LogP contribution is -2.08. The van der Waals surface area contributed by atoms with Crippen LogP contribution in [0.5, 0.6) is 0 Å². The fourth-order valence-electron chi connectivity index (χ4n) is 1.84. The number of rotatable bonds is 2. The molecular formula is C14H10Cl2N2S. The summed E-state index contributed by atoms with van der Waals surface area (Å²) in [6, 6.07) is 13.6. The van der Waals surface area contributed by atoms with E-state index < -0.39 is 0 Å². The van der Waals surface area contributed by atoms with Crippen LogP contribution in [0, 0.1) is 0 Å². The Balaban J connectivity index is 2.12. The molecule has 0 unspecified atom stereocenters. The van der Waals surface area contributed by atoms with Crippen molar-refractivity contribution in [3.8, 4) is 0 Å². The van der Waals surface area contributed by atoms with Crippen LogP contribution in [0.25, 0.3) is 10.2 Å². The van der Waals surface area contributed by atoms with Gasteiger partial charge in [-0.05, 0) is 24.3 Å². The molecule has 0 N–H and O–H groups in total. The molecule has 0 fully saturated rings. The van der Waals surface area contributed by atoms with Crippen LogP contribution in [0.3, 0.4) is 0 Å². The third kappa shape index (κ3) is 2.29. The molecule has 0 radical (unpaired) electrons. The maximum absolute atomic E-state index is 6.19. The largest absolute Gasteiger partial charge is 0.321 e. The Morgan fingerprint density at radius 2 is 1.68 bits per heavy atom. The van der Waals surface area contributed by atoms with Gasteiger partial charge >= 0.3 is 0 Å². The van der Waals surface area contributed by atoms with E-state index in [1.165, 1.54) is 11.3 Å². The molecule has 19 heavy (non-hydrogen) atoms. The summed E-state index contributed by atoms with van der Waals surface area (Å²) in [5, 5.41) is 2.18. The van der Waals surface area contributed by atoms with Crippen LogP contribution in [0.1, 0.15) is 0 Å². The molecule has 0 bridgehead atoms. The van der Waals surface area contributed by atoms with E-state index in [-0.39, 0.29) is 0 Å². The fraction of sp³-hybridized carbons (Fsp3) is 0.0714. The number of anilines is 2. The van der Waals surface area contributed by atoms with E-state index in [2.05, 4.69) is 4.98 Å². The molecule has 5 heteroatoms. The standard InChI is InChI=1S/C14H10Cl2N2S/c1-18(9-5-3-2-4-6-9)14-17-12-10(15)7-8-11(16)13(12)19-14/h2-8H,1H3. The van der Waals surface area contributed by atoms with Crippen LogP contribution in [0.15, 0.2) is 42.5 Å². The van der Waals surface area contributed by atoms with Gasteiger partial charge in [0, 0.05) is 12.7 Å². The number of para-hydroxylation sites is 1. The molecule has 2 nitrogen and oxygen atoms in total. The lowest BCUT2D eigenvalue weighted by Gasteiger charge is -2.15. The molecule has 3 rings (SSSR count). The maximum Gasteiger partial charge on any atom is 0.190 e. The number of aromatic nitrogens is 1. The molecule has 0 spiro atoms. The predicted octanol–water partition coefficient (Wildman–Crippen LogP) is 5.37. The van der Waals surface area contributed by atoms with Gasteiger partial charge in [0.05, 0.1) is 14.7 Å². The zero-order chi connectivity index (χ0) is 13.4. The molecule has 2 aromatic carbocycles. The van der Waals surface area contributed by atoms with Crippen molar-refractivity contribution in [2.75, 3.05) is 11.9 Å². The van der Waals surface area contributed by atoms with Gasteiger partial charge in [0.25, 0.3) is 0 Å². The van der Waals surface area contributed by atoms with Crippen LogP contribution in [0.2, 0.25) is 10.0 Å². The van der Waals surface area contributed by atoms with E-state index in [4.69, 9.17) is 23.2 Å². The smallest absolute Gasteiger partial charge is 0.190 e. The number of fused-ring (bicyclic) bond motifs is 1. The maximum atomic E-state index is 6.19. The number of halogens is 2. The average molecular weight is 309 g/mol. The number of nitrogens with zero attached hydrogens (tertiary/aromatic N) is 2. The van der Waals surface area contributed by atoms with Crippen LogP contribution < -0.4 is 4.90 Å². The summed E-state index contributed by atoms with van der Waals surface area (Å²) >= 11 is 13.9. The van der Waals surface area contributed by atoms with Gasteiger partial charge < -0.3 is 4.90 Å². The minimum atomic E-state index is 0.628. The number of hydrogen-bond acceptors (Lipinski definition) is 3. The van der Waals surface area contributed by atoms with Crippen molar-refractivity contribution >= 4 is 55.6 Å². The summed E-state index contributed by atoms with van der Waals surface area (Å²) in [6.07, 6.45) is 0. The molecule has 0 atom stereocenters. The van der Waals surface area contributed by atoms with E-state index in [0.29, 0.717) is 10.0 Å². The van der Waals surface area contributed by atoms with Crippen molar-refractivity contribution in [3.63, 3.8) is 0 Å². The van der Waals surface area contributed by atoms with E-state index >= 15 is 0 Å². The van der Waals surface area contributed by atoms with Crippen LogP contribution >= 0.6 is 34.5 Å². The lowest BCUT2D eigenvalue weighted by molar-refractivity contribution is 1.18. The fourth-order valence-corrected chi connectivity index (χ4v) is 3.34. The first-order chi connectivity index (χ1) is 9.16. The topological polar surface area (TPSA) is 16.1 Å². The van der Waals surface area contributed by atoms with Gasteiger partial charge in [0.1, 0.15) is 5.52 Å². The van der Waals surface area contributed by atoms with Gasteiger partial charge in [-0.3, -0.25) is 0 Å². The van der Waals surface area contributed by atoms with Crippen LogP contribution in [0.4, 0.5) is 10.8 Å². The Morgan fingerprint density at radius 1 is 1.00 bits per heavy atom. The highest BCUT2D eigenvalue weighted by molar-refractivity contribution is 7.23. The summed E-state index contributed by atoms with van der Waals surface area (Å²) in [4.78, 5) is 6.60. The molecule has 3 aromatic rings. The molecule has 0 aliphatic rings. The van der Waals surface area contributed by atoms with Crippen molar-refractivity contribution in [2.45, 2.75) is 0 Å². The molecule has 0 amide bonds. The first kappa shape index (κ1) is 12.7. The van der Waals surface area contributed by atoms with Crippen LogP contribution in [-0.2, 0) is 0 Å². The quantitative estimate of drug-likeness (QED) is 0.632. The van der Waals surface area contributed by atoms with Gasteiger partial charge in [-0.25, -0.2) is 4.98 Å². The first-order valence-electron chi connectivity index (χ1n) is 5.70. The zero-order valence-electron chi connectivity index (χ0n) is 10.1. The van der Waals surface area contributed by atoms with E-state index in [1.54, 1.807) is 12.1 Å². The molecule has 96 valence electrons. The first-order valence-corrected chi connectivity index (χ1v) is 7.27. The summed E-state index contributed by atoms with van der Waals surface area (Å²) in [7, 11) is 1.98. The summed E-state index contributed by atoms with van der Waals surface area (Å²) in [6.45, 7) is 0. The third-order valence-corrected chi connectivity index (χ3v) is 4.76. The zero-order valence-corrected chi connectivity index (χ0v) is 12.4. The Hall–Kier alpha value is -1.29. The van der Waals surface area contributed by atoms with E-state index in [1.807, 2.05) is 42.3 Å². The summed E-state index contributed by atoms with van der Waals surface area (Å²) in [5.41, 5.74) is 1.84. The Bertz CT molecular complexity index is 686. The van der Waals surface area contributed by atoms with E-state index in [9.17, 15) is 0 Å². The highest BCUT2D eigenvalue weighted by Gasteiger charge is 2.14. The van der Waals surface area contributed by atoms with Crippen LogP contribution in [-0.4, -0.2) is 12.0 Å². The highest BCUT2D eigenvalue weighted by Crippen LogP contribution is 2.38. The Labute approximate surface area is 125 Å². The number of thiazole rings is 1. The SMILES string of the molecule is CN(c1ccccc1)c1nc2c(Cl)ccc(Cl)c2s1. The van der Waals surface area contributed by atoms with Gasteiger partial charge in [0.2, 0.25) is 0 Å². The second kappa shape index (κ2) is 5.00. The van der Waals surface area contributed by atoms with Gasteiger partial charge in [0.15, 0.2) is 5.13 Å². The second-order valence-electron chi connectivity index (χ2n) is 4.10. The molecule has 0 aliphatic heterocycles. The third-order valence-electron chi connectivity index (χ3n) is 2.87. The molecule has 0 saturated carbocycles. The van der Waals surface area contributed by atoms with Crippen molar-refractivity contribution in [3.05, 3.63) is 52.5 Å². The average Bonchev–Trinajstić information content (AvgIpc) is 2.89. The molecular weight excluding hydrogens is 299 g/mol.